The fourth-order valence-electron chi connectivity index (χ4n) is 2.77. The highest BCUT2D eigenvalue weighted by Gasteiger charge is 2.45. The van der Waals surface area contributed by atoms with Crippen LogP contribution in [0.2, 0.25) is 0 Å². The van der Waals surface area contributed by atoms with Gasteiger partial charge in [0.05, 0.1) is 12.6 Å². The van der Waals surface area contributed by atoms with Gasteiger partial charge < -0.3 is 4.74 Å². The van der Waals surface area contributed by atoms with Crippen LogP contribution in [0.15, 0.2) is 30.3 Å². The lowest BCUT2D eigenvalue weighted by atomic mass is 9.60. The molecule has 3 N–H and O–H groups in total. The summed E-state index contributed by atoms with van der Waals surface area (Å²) < 4.78 is 5.55. The van der Waals surface area contributed by atoms with Gasteiger partial charge in [0.15, 0.2) is 0 Å². The molecule has 0 aliphatic heterocycles. The first-order valence-electron chi connectivity index (χ1n) is 6.43. The minimum Gasteiger partial charge on any atom is -0.380 e. The maximum Gasteiger partial charge on any atom is 0.0641 e. The molecule has 1 fully saturated rings. The Hall–Kier alpha value is -0.900. The number of ether oxygens (including phenoxy) is 1. The Morgan fingerprint density at radius 1 is 1.35 bits per heavy atom. The zero-order valence-electron chi connectivity index (χ0n) is 10.5. The maximum atomic E-state index is 5.72. The number of benzene rings is 1. The summed E-state index contributed by atoms with van der Waals surface area (Å²) in [5, 5.41) is 0. The number of rotatable bonds is 6. The molecule has 0 radical (unpaired) electrons. The van der Waals surface area contributed by atoms with Crippen molar-refractivity contribution in [3.8, 4) is 0 Å². The van der Waals surface area contributed by atoms with Crippen molar-refractivity contribution >= 4 is 0 Å². The monoisotopic (exact) mass is 234 g/mol. The van der Waals surface area contributed by atoms with Gasteiger partial charge in [0, 0.05) is 12.0 Å². The van der Waals surface area contributed by atoms with Crippen LogP contribution >= 0.6 is 0 Å². The first kappa shape index (κ1) is 12.6. The molecular weight excluding hydrogens is 212 g/mol. The average Bonchev–Trinajstić information content (AvgIpc) is 2.33. The summed E-state index contributed by atoms with van der Waals surface area (Å²) in [5.74, 6) is 5.72. The molecule has 1 aromatic rings. The van der Waals surface area contributed by atoms with Crippen molar-refractivity contribution in [1.82, 2.24) is 5.43 Å². The molecular formula is C14H22N2O. The molecule has 0 aromatic heterocycles. The quantitative estimate of drug-likeness (QED) is 0.584. The van der Waals surface area contributed by atoms with Crippen LogP contribution in [0.4, 0.5) is 0 Å². The van der Waals surface area contributed by atoms with Crippen LogP contribution in [-0.2, 0) is 10.2 Å². The Kier molecular flexibility index (Phi) is 4.15. The van der Waals surface area contributed by atoms with Crippen LogP contribution in [0, 0.1) is 0 Å². The van der Waals surface area contributed by atoms with Crippen molar-refractivity contribution in [3.05, 3.63) is 35.9 Å². The summed E-state index contributed by atoms with van der Waals surface area (Å²) in [5.41, 5.74) is 4.51. The molecule has 0 heterocycles. The van der Waals surface area contributed by atoms with Crippen LogP contribution in [-0.4, -0.2) is 19.3 Å². The lowest BCUT2D eigenvalue weighted by Gasteiger charge is -2.48. The highest BCUT2D eigenvalue weighted by molar-refractivity contribution is 5.30. The van der Waals surface area contributed by atoms with E-state index in [-0.39, 0.29) is 11.5 Å². The predicted octanol–water partition coefficient (Wildman–Crippen LogP) is 1.98. The van der Waals surface area contributed by atoms with Gasteiger partial charge in [-0.1, -0.05) is 36.8 Å². The molecule has 1 saturated carbocycles. The van der Waals surface area contributed by atoms with Gasteiger partial charge in [-0.2, -0.15) is 0 Å². The van der Waals surface area contributed by atoms with E-state index in [0.717, 1.165) is 6.61 Å². The first-order chi connectivity index (χ1) is 8.33. The molecule has 1 aliphatic carbocycles. The molecule has 2 rings (SSSR count). The molecule has 0 bridgehead atoms. The molecule has 3 heteroatoms. The topological polar surface area (TPSA) is 47.3 Å². The Bertz CT molecular complexity index is 335. The Labute approximate surface area is 103 Å². The lowest BCUT2D eigenvalue weighted by Crippen LogP contribution is -2.57. The number of hydrazine groups is 1. The van der Waals surface area contributed by atoms with Gasteiger partial charge in [0.1, 0.15) is 0 Å². The molecule has 17 heavy (non-hydrogen) atoms. The van der Waals surface area contributed by atoms with E-state index in [2.05, 4.69) is 35.8 Å². The third-order valence-electron chi connectivity index (χ3n) is 3.95. The van der Waals surface area contributed by atoms with Crippen molar-refractivity contribution in [2.45, 2.75) is 37.6 Å². The molecule has 0 amide bonds. The van der Waals surface area contributed by atoms with Crippen molar-refractivity contribution in [1.29, 1.82) is 0 Å². The van der Waals surface area contributed by atoms with Crippen LogP contribution in [0.25, 0.3) is 0 Å². The highest BCUT2D eigenvalue weighted by atomic mass is 16.5. The molecule has 1 atom stereocenters. The summed E-state index contributed by atoms with van der Waals surface area (Å²) in [7, 11) is 0. The fraction of sp³-hybridized carbons (Fsp3) is 0.571. The third-order valence-corrected chi connectivity index (χ3v) is 3.95. The Morgan fingerprint density at radius 3 is 2.53 bits per heavy atom. The number of hydrogen-bond acceptors (Lipinski definition) is 3. The molecule has 1 aromatic carbocycles. The van der Waals surface area contributed by atoms with E-state index in [4.69, 9.17) is 10.6 Å². The van der Waals surface area contributed by atoms with E-state index < -0.39 is 0 Å². The van der Waals surface area contributed by atoms with Crippen molar-refractivity contribution < 1.29 is 4.74 Å². The van der Waals surface area contributed by atoms with Crippen LogP contribution in [0.3, 0.4) is 0 Å². The number of nitrogens with one attached hydrogen (secondary N) is 1. The fourth-order valence-corrected chi connectivity index (χ4v) is 2.77. The molecule has 0 spiro atoms. The number of hydrogen-bond donors (Lipinski definition) is 2. The first-order valence-corrected chi connectivity index (χ1v) is 6.43. The van der Waals surface area contributed by atoms with Crippen molar-refractivity contribution in [2.24, 2.45) is 5.84 Å². The molecule has 3 nitrogen and oxygen atoms in total. The summed E-state index contributed by atoms with van der Waals surface area (Å²) in [4.78, 5) is 0. The highest BCUT2D eigenvalue weighted by Crippen LogP contribution is 2.46. The second-order valence-corrected chi connectivity index (χ2v) is 4.75. The maximum absolute atomic E-state index is 5.72. The summed E-state index contributed by atoms with van der Waals surface area (Å²) in [6.07, 6.45) is 3.66. The van der Waals surface area contributed by atoms with E-state index >= 15 is 0 Å². The van der Waals surface area contributed by atoms with Gasteiger partial charge in [-0.25, -0.2) is 0 Å². The average molecular weight is 234 g/mol. The second-order valence-electron chi connectivity index (χ2n) is 4.75. The third kappa shape index (κ3) is 2.37. The zero-order chi connectivity index (χ0) is 12.1. The van der Waals surface area contributed by atoms with E-state index in [9.17, 15) is 0 Å². The van der Waals surface area contributed by atoms with Crippen molar-refractivity contribution in [2.75, 3.05) is 13.2 Å². The van der Waals surface area contributed by atoms with E-state index in [1.165, 1.54) is 24.8 Å². The normalized spacial score (nSPS) is 19.6. The SMILES string of the molecule is CCOCC(NN)C1(c2ccccc2)CCC1. The van der Waals surface area contributed by atoms with Gasteiger partial charge >= 0.3 is 0 Å². The molecule has 0 saturated heterocycles. The van der Waals surface area contributed by atoms with Crippen molar-refractivity contribution in [3.63, 3.8) is 0 Å². The van der Waals surface area contributed by atoms with Gasteiger partial charge in [-0.05, 0) is 25.3 Å². The largest absolute Gasteiger partial charge is 0.380 e. The van der Waals surface area contributed by atoms with Crippen LogP contribution < -0.4 is 11.3 Å². The Morgan fingerprint density at radius 2 is 2.06 bits per heavy atom. The summed E-state index contributed by atoms with van der Waals surface area (Å²) >= 11 is 0. The molecule has 1 unspecified atom stereocenters. The van der Waals surface area contributed by atoms with Gasteiger partial charge in [0.2, 0.25) is 0 Å². The second kappa shape index (κ2) is 5.63. The number of nitrogens with two attached hydrogens (primary N) is 1. The van der Waals surface area contributed by atoms with E-state index in [0.29, 0.717) is 6.61 Å². The van der Waals surface area contributed by atoms with Crippen LogP contribution in [0.5, 0.6) is 0 Å². The lowest BCUT2D eigenvalue weighted by molar-refractivity contribution is 0.0621. The smallest absolute Gasteiger partial charge is 0.0641 e. The van der Waals surface area contributed by atoms with Gasteiger partial charge in [-0.3, -0.25) is 11.3 Å². The molecule has 1 aliphatic rings. The minimum atomic E-state index is 0.172. The van der Waals surface area contributed by atoms with E-state index in [1.807, 2.05) is 6.92 Å². The summed E-state index contributed by atoms with van der Waals surface area (Å²) in [6.45, 7) is 3.44. The standard InChI is InChI=1S/C14H22N2O/c1-2-17-11-13(16-15)14(9-6-10-14)12-7-4-3-5-8-12/h3-5,7-8,13,16H,2,6,9-11,15H2,1H3. The summed E-state index contributed by atoms with van der Waals surface area (Å²) in [6, 6.07) is 10.9. The zero-order valence-corrected chi connectivity index (χ0v) is 10.5. The predicted molar refractivity (Wildman–Crippen MR) is 69.6 cm³/mol. The molecule has 94 valence electrons. The van der Waals surface area contributed by atoms with Gasteiger partial charge in [-0.15, -0.1) is 0 Å². The minimum absolute atomic E-state index is 0.172. The van der Waals surface area contributed by atoms with Gasteiger partial charge in [0.25, 0.3) is 0 Å². The Balaban J connectivity index is 2.18. The van der Waals surface area contributed by atoms with Crippen LogP contribution in [0.1, 0.15) is 31.7 Å². The van der Waals surface area contributed by atoms with E-state index in [1.54, 1.807) is 0 Å².